The number of aromatic nitrogens is 2. The molecule has 1 aromatic carbocycles. The Morgan fingerprint density at radius 2 is 1.68 bits per heavy atom. The van der Waals surface area contributed by atoms with E-state index in [4.69, 9.17) is 0 Å². The highest BCUT2D eigenvalue weighted by Gasteiger charge is 2.24. The summed E-state index contributed by atoms with van der Waals surface area (Å²) in [5.41, 5.74) is 0.946. The van der Waals surface area contributed by atoms with Crippen LogP contribution < -0.4 is 9.80 Å². The highest BCUT2D eigenvalue weighted by molar-refractivity contribution is 5.92. The number of anilines is 2. The van der Waals surface area contributed by atoms with Crippen LogP contribution >= 0.6 is 0 Å². The highest BCUT2D eigenvalue weighted by Crippen LogP contribution is 2.20. The van der Waals surface area contributed by atoms with E-state index in [0.29, 0.717) is 37.6 Å². The van der Waals surface area contributed by atoms with Gasteiger partial charge in [0.2, 0.25) is 0 Å². The van der Waals surface area contributed by atoms with Gasteiger partial charge in [0.25, 0.3) is 5.91 Å². The third-order valence-corrected chi connectivity index (χ3v) is 4.94. The van der Waals surface area contributed by atoms with E-state index >= 15 is 0 Å². The molecule has 0 bridgehead atoms. The fourth-order valence-corrected chi connectivity index (χ4v) is 3.51. The first-order valence-corrected chi connectivity index (χ1v) is 10.0. The van der Waals surface area contributed by atoms with E-state index in [2.05, 4.69) is 28.9 Å². The number of hydrogen-bond acceptors (Lipinski definition) is 5. The van der Waals surface area contributed by atoms with Gasteiger partial charge in [0, 0.05) is 39.3 Å². The van der Waals surface area contributed by atoms with Crippen molar-refractivity contribution in [2.24, 2.45) is 0 Å². The van der Waals surface area contributed by atoms with Crippen molar-refractivity contribution in [3.63, 3.8) is 0 Å². The minimum atomic E-state index is -0.229. The van der Waals surface area contributed by atoms with Crippen LogP contribution in [0, 0.1) is 5.82 Å². The van der Waals surface area contributed by atoms with E-state index in [1.54, 1.807) is 23.1 Å². The van der Waals surface area contributed by atoms with E-state index < -0.39 is 0 Å². The summed E-state index contributed by atoms with van der Waals surface area (Å²) in [6.07, 6.45) is 2.07. The molecule has 1 aromatic heterocycles. The lowest BCUT2D eigenvalue weighted by atomic mass is 10.2. The Hall–Kier alpha value is -2.70. The van der Waals surface area contributed by atoms with Crippen LogP contribution in [0.1, 0.15) is 37.2 Å². The van der Waals surface area contributed by atoms with Crippen molar-refractivity contribution in [2.75, 3.05) is 49.1 Å². The lowest BCUT2D eigenvalue weighted by molar-refractivity contribution is 0.0739. The van der Waals surface area contributed by atoms with Gasteiger partial charge in [-0.15, -0.1) is 10.2 Å². The standard InChI is InChI=1S/C21H28FN5O/c1-3-11-26(12-4-2)20-10-9-18(23-24-20)21(28)27-15-13-25(14-16-27)19-8-6-5-7-17(19)22/h5-10H,3-4,11-16H2,1-2H3. The molecule has 0 spiro atoms. The number of hydrogen-bond donors (Lipinski definition) is 0. The minimum absolute atomic E-state index is 0.121. The number of halogens is 1. The SMILES string of the molecule is CCCN(CCC)c1ccc(C(=O)N2CCN(c3ccccc3F)CC2)nn1. The summed E-state index contributed by atoms with van der Waals surface area (Å²) in [7, 11) is 0. The van der Waals surface area contributed by atoms with Crippen molar-refractivity contribution < 1.29 is 9.18 Å². The Balaban J connectivity index is 1.61. The average Bonchev–Trinajstić information content (AvgIpc) is 2.74. The Bertz CT molecular complexity index is 769. The second kappa shape index (κ2) is 9.48. The molecule has 0 N–H and O–H groups in total. The zero-order valence-corrected chi connectivity index (χ0v) is 16.6. The number of nitrogens with zero attached hydrogens (tertiary/aromatic N) is 5. The maximum absolute atomic E-state index is 14.0. The van der Waals surface area contributed by atoms with Gasteiger partial charge in [0.1, 0.15) is 5.82 Å². The first kappa shape index (κ1) is 20.0. The van der Waals surface area contributed by atoms with Crippen LogP contribution in [0.4, 0.5) is 15.9 Å². The fraction of sp³-hybridized carbons (Fsp3) is 0.476. The molecule has 0 atom stereocenters. The number of amides is 1. The third kappa shape index (κ3) is 4.58. The van der Waals surface area contributed by atoms with E-state index in [9.17, 15) is 9.18 Å². The Morgan fingerprint density at radius 3 is 2.25 bits per heavy atom. The molecule has 0 unspecified atom stereocenters. The first-order chi connectivity index (χ1) is 13.6. The van der Waals surface area contributed by atoms with Crippen LogP contribution in [0.3, 0.4) is 0 Å². The summed E-state index contributed by atoms with van der Waals surface area (Å²) in [5.74, 6) is 0.460. The van der Waals surface area contributed by atoms with E-state index in [-0.39, 0.29) is 11.7 Å². The number of carbonyl (C=O) groups excluding carboxylic acids is 1. The maximum Gasteiger partial charge on any atom is 0.274 e. The Labute approximate surface area is 166 Å². The van der Waals surface area contributed by atoms with E-state index in [1.165, 1.54) is 6.07 Å². The zero-order valence-electron chi connectivity index (χ0n) is 16.6. The molecule has 150 valence electrons. The predicted molar refractivity (Wildman–Crippen MR) is 109 cm³/mol. The molecular weight excluding hydrogens is 357 g/mol. The average molecular weight is 385 g/mol. The number of para-hydroxylation sites is 1. The summed E-state index contributed by atoms with van der Waals surface area (Å²) < 4.78 is 14.0. The van der Waals surface area contributed by atoms with Crippen molar-refractivity contribution in [1.29, 1.82) is 0 Å². The number of piperazine rings is 1. The smallest absolute Gasteiger partial charge is 0.274 e. The molecule has 0 aliphatic carbocycles. The number of carbonyl (C=O) groups is 1. The summed E-state index contributed by atoms with van der Waals surface area (Å²) in [4.78, 5) is 18.7. The summed E-state index contributed by atoms with van der Waals surface area (Å²) >= 11 is 0. The predicted octanol–water partition coefficient (Wildman–Crippen LogP) is 3.20. The number of rotatable bonds is 7. The van der Waals surface area contributed by atoms with Gasteiger partial charge in [0.15, 0.2) is 11.5 Å². The highest BCUT2D eigenvalue weighted by atomic mass is 19.1. The monoisotopic (exact) mass is 385 g/mol. The molecule has 1 amide bonds. The third-order valence-electron chi connectivity index (χ3n) is 4.94. The van der Waals surface area contributed by atoms with Gasteiger partial charge in [-0.2, -0.15) is 0 Å². The van der Waals surface area contributed by atoms with Crippen molar-refractivity contribution in [2.45, 2.75) is 26.7 Å². The molecule has 3 rings (SSSR count). The maximum atomic E-state index is 14.0. The minimum Gasteiger partial charge on any atom is -0.366 e. The first-order valence-electron chi connectivity index (χ1n) is 10.0. The van der Waals surface area contributed by atoms with Crippen LogP contribution in [-0.2, 0) is 0 Å². The zero-order chi connectivity index (χ0) is 19.9. The van der Waals surface area contributed by atoms with Crippen LogP contribution in [0.5, 0.6) is 0 Å². The van der Waals surface area contributed by atoms with Crippen LogP contribution in [0.15, 0.2) is 36.4 Å². The fourth-order valence-electron chi connectivity index (χ4n) is 3.51. The largest absolute Gasteiger partial charge is 0.366 e. The molecule has 1 aliphatic rings. The molecule has 7 heteroatoms. The molecule has 6 nitrogen and oxygen atoms in total. The van der Waals surface area contributed by atoms with Crippen LogP contribution in [0.25, 0.3) is 0 Å². The Morgan fingerprint density at radius 1 is 1.00 bits per heavy atom. The second-order valence-corrected chi connectivity index (χ2v) is 6.99. The van der Waals surface area contributed by atoms with Crippen molar-refractivity contribution in [3.05, 3.63) is 47.9 Å². The van der Waals surface area contributed by atoms with Crippen molar-refractivity contribution >= 4 is 17.4 Å². The van der Waals surface area contributed by atoms with Crippen LogP contribution in [0.2, 0.25) is 0 Å². The topological polar surface area (TPSA) is 52.6 Å². The summed E-state index contributed by atoms with van der Waals surface area (Å²) in [6, 6.07) is 10.4. The second-order valence-electron chi connectivity index (χ2n) is 6.99. The normalized spacial score (nSPS) is 14.2. The molecule has 28 heavy (non-hydrogen) atoms. The molecule has 0 saturated carbocycles. The van der Waals surface area contributed by atoms with Gasteiger partial charge in [-0.25, -0.2) is 4.39 Å². The van der Waals surface area contributed by atoms with Gasteiger partial charge in [-0.05, 0) is 37.1 Å². The van der Waals surface area contributed by atoms with Gasteiger partial charge in [-0.1, -0.05) is 26.0 Å². The number of benzene rings is 1. The summed E-state index contributed by atoms with van der Waals surface area (Å²) in [6.45, 7) is 8.38. The van der Waals surface area contributed by atoms with Crippen LogP contribution in [-0.4, -0.2) is 60.3 Å². The van der Waals surface area contributed by atoms with Gasteiger partial charge >= 0.3 is 0 Å². The van der Waals surface area contributed by atoms with Gasteiger partial charge < -0.3 is 14.7 Å². The van der Waals surface area contributed by atoms with Gasteiger partial charge in [-0.3, -0.25) is 4.79 Å². The van der Waals surface area contributed by atoms with Crippen molar-refractivity contribution in [3.8, 4) is 0 Å². The lowest BCUT2D eigenvalue weighted by Crippen LogP contribution is -2.49. The lowest BCUT2D eigenvalue weighted by Gasteiger charge is -2.36. The molecular formula is C21H28FN5O. The Kier molecular flexibility index (Phi) is 6.79. The van der Waals surface area contributed by atoms with E-state index in [1.807, 2.05) is 17.0 Å². The van der Waals surface area contributed by atoms with Crippen molar-refractivity contribution in [1.82, 2.24) is 15.1 Å². The van der Waals surface area contributed by atoms with E-state index in [0.717, 1.165) is 31.7 Å². The molecule has 2 aromatic rings. The molecule has 0 radical (unpaired) electrons. The molecule has 1 saturated heterocycles. The quantitative estimate of drug-likeness (QED) is 0.733. The molecule has 1 fully saturated rings. The molecule has 1 aliphatic heterocycles. The molecule has 2 heterocycles. The summed E-state index contributed by atoms with van der Waals surface area (Å²) in [5, 5.41) is 8.45. The van der Waals surface area contributed by atoms with Gasteiger partial charge in [0.05, 0.1) is 5.69 Å².